The fraction of sp³-hybridized carbons (Fsp3) is 0.533. The van der Waals surface area contributed by atoms with Gasteiger partial charge in [-0.2, -0.15) is 0 Å². The van der Waals surface area contributed by atoms with Gasteiger partial charge in [0, 0.05) is 24.2 Å². The lowest BCUT2D eigenvalue weighted by atomic mass is 9.95. The van der Waals surface area contributed by atoms with Crippen LogP contribution in [0, 0.1) is 5.41 Å². The van der Waals surface area contributed by atoms with Gasteiger partial charge in [-0.15, -0.1) is 0 Å². The number of hydrogen-bond donors (Lipinski definition) is 2. The minimum Gasteiger partial charge on any atom is -0.399 e. The number of hydrogen-bond acceptors (Lipinski definition) is 3. The van der Waals surface area contributed by atoms with E-state index in [0.29, 0.717) is 5.69 Å². The highest BCUT2D eigenvalue weighted by Gasteiger charge is 2.22. The van der Waals surface area contributed by atoms with Crippen LogP contribution in [0.2, 0.25) is 0 Å². The third-order valence-electron chi connectivity index (χ3n) is 3.05. The maximum absolute atomic E-state index is 12.1. The van der Waals surface area contributed by atoms with E-state index in [1.54, 1.807) is 0 Å². The lowest BCUT2D eigenvalue weighted by molar-refractivity contribution is -0.123. The number of nitrogen functional groups attached to an aromatic ring is 1. The molecule has 0 aromatic heterocycles. The van der Waals surface area contributed by atoms with Gasteiger partial charge in [0.1, 0.15) is 0 Å². The van der Waals surface area contributed by atoms with Crippen molar-refractivity contribution in [3.8, 4) is 0 Å². The second-order valence-corrected chi connectivity index (χ2v) is 5.65. The van der Waals surface area contributed by atoms with Crippen LogP contribution in [0.4, 0.5) is 17.1 Å². The molecule has 1 amide bonds. The molecule has 3 N–H and O–H groups in total. The average Bonchev–Trinajstić information content (AvgIpc) is 2.32. The SMILES string of the molecule is CCN(CC)c1ccc(N)cc1NC(=O)C(C)(C)C. The van der Waals surface area contributed by atoms with E-state index in [-0.39, 0.29) is 5.91 Å². The number of nitrogens with one attached hydrogen (secondary N) is 1. The molecule has 0 aliphatic rings. The Morgan fingerprint density at radius 2 is 1.84 bits per heavy atom. The van der Waals surface area contributed by atoms with Crippen molar-refractivity contribution in [3.63, 3.8) is 0 Å². The minimum absolute atomic E-state index is 0.00786. The molecule has 0 spiro atoms. The van der Waals surface area contributed by atoms with Gasteiger partial charge in [-0.1, -0.05) is 20.8 Å². The Kier molecular flexibility index (Phi) is 4.81. The Balaban J connectivity index is 3.11. The second kappa shape index (κ2) is 5.95. The quantitative estimate of drug-likeness (QED) is 0.821. The molecule has 0 heterocycles. The highest BCUT2D eigenvalue weighted by atomic mass is 16.2. The van der Waals surface area contributed by atoms with Crippen LogP contribution in [0.15, 0.2) is 18.2 Å². The topological polar surface area (TPSA) is 58.4 Å². The number of amides is 1. The van der Waals surface area contributed by atoms with Crippen molar-refractivity contribution in [3.05, 3.63) is 18.2 Å². The molecule has 0 aliphatic heterocycles. The number of nitrogens with two attached hydrogens (primary N) is 1. The second-order valence-electron chi connectivity index (χ2n) is 5.65. The first-order valence-electron chi connectivity index (χ1n) is 6.75. The van der Waals surface area contributed by atoms with Gasteiger partial charge in [0.25, 0.3) is 0 Å². The van der Waals surface area contributed by atoms with Crippen LogP contribution in [0.3, 0.4) is 0 Å². The normalized spacial score (nSPS) is 11.2. The first-order valence-corrected chi connectivity index (χ1v) is 6.75. The highest BCUT2D eigenvalue weighted by Crippen LogP contribution is 2.29. The summed E-state index contributed by atoms with van der Waals surface area (Å²) in [6.07, 6.45) is 0. The predicted molar refractivity (Wildman–Crippen MR) is 82.5 cm³/mol. The Morgan fingerprint density at radius 1 is 1.26 bits per heavy atom. The summed E-state index contributed by atoms with van der Waals surface area (Å²) in [5.74, 6) is -0.00786. The molecule has 0 bridgehead atoms. The molecule has 0 fully saturated rings. The zero-order valence-corrected chi connectivity index (χ0v) is 12.6. The Hall–Kier alpha value is -1.71. The molecular formula is C15H25N3O. The monoisotopic (exact) mass is 263 g/mol. The molecule has 1 rings (SSSR count). The Bertz CT molecular complexity index is 445. The van der Waals surface area contributed by atoms with Crippen molar-refractivity contribution >= 4 is 23.0 Å². The molecule has 4 nitrogen and oxygen atoms in total. The Morgan fingerprint density at radius 3 is 2.32 bits per heavy atom. The molecule has 0 aliphatic carbocycles. The molecule has 1 aromatic rings. The third-order valence-corrected chi connectivity index (χ3v) is 3.05. The summed E-state index contributed by atoms with van der Waals surface area (Å²) >= 11 is 0. The summed E-state index contributed by atoms with van der Waals surface area (Å²) in [6.45, 7) is 11.6. The molecule has 0 radical (unpaired) electrons. The Labute approximate surface area is 116 Å². The first-order chi connectivity index (χ1) is 8.79. The van der Waals surface area contributed by atoms with Gasteiger partial charge in [0.15, 0.2) is 0 Å². The van der Waals surface area contributed by atoms with E-state index in [9.17, 15) is 4.79 Å². The summed E-state index contributed by atoms with van der Waals surface area (Å²) in [5, 5.41) is 2.98. The zero-order chi connectivity index (χ0) is 14.6. The maximum atomic E-state index is 12.1. The predicted octanol–water partition coefficient (Wildman–Crippen LogP) is 3.10. The van der Waals surface area contributed by atoms with Crippen molar-refractivity contribution in [2.45, 2.75) is 34.6 Å². The molecule has 0 saturated heterocycles. The van der Waals surface area contributed by atoms with Crippen molar-refractivity contribution in [2.24, 2.45) is 5.41 Å². The van der Waals surface area contributed by atoms with E-state index in [1.165, 1.54) is 0 Å². The molecule has 0 unspecified atom stereocenters. The molecule has 106 valence electrons. The van der Waals surface area contributed by atoms with Crippen molar-refractivity contribution in [2.75, 3.05) is 29.0 Å². The summed E-state index contributed by atoms with van der Waals surface area (Å²) in [7, 11) is 0. The van der Waals surface area contributed by atoms with Gasteiger partial charge in [-0.25, -0.2) is 0 Å². The van der Waals surface area contributed by atoms with E-state index < -0.39 is 5.41 Å². The van der Waals surface area contributed by atoms with Gasteiger partial charge in [0.05, 0.1) is 11.4 Å². The van der Waals surface area contributed by atoms with Crippen LogP contribution in [0.5, 0.6) is 0 Å². The standard InChI is InChI=1S/C15H25N3O/c1-6-18(7-2)13-9-8-11(16)10-12(13)17-14(19)15(3,4)5/h8-10H,6-7,16H2,1-5H3,(H,17,19). The first kappa shape index (κ1) is 15.3. The van der Waals surface area contributed by atoms with Gasteiger partial charge in [0.2, 0.25) is 5.91 Å². The molecule has 1 aromatic carbocycles. The van der Waals surface area contributed by atoms with Crippen LogP contribution in [-0.2, 0) is 4.79 Å². The lowest BCUT2D eigenvalue weighted by Crippen LogP contribution is -2.29. The van der Waals surface area contributed by atoms with E-state index in [2.05, 4.69) is 24.1 Å². The maximum Gasteiger partial charge on any atom is 0.229 e. The van der Waals surface area contributed by atoms with Crippen molar-refractivity contribution in [1.82, 2.24) is 0 Å². The molecule has 0 saturated carbocycles. The van der Waals surface area contributed by atoms with Gasteiger partial charge >= 0.3 is 0 Å². The van der Waals surface area contributed by atoms with Gasteiger partial charge < -0.3 is 16.0 Å². The van der Waals surface area contributed by atoms with E-state index in [4.69, 9.17) is 5.73 Å². The number of anilines is 3. The van der Waals surface area contributed by atoms with Crippen LogP contribution in [-0.4, -0.2) is 19.0 Å². The molecule has 19 heavy (non-hydrogen) atoms. The summed E-state index contributed by atoms with van der Waals surface area (Å²) in [5.41, 5.74) is 7.84. The van der Waals surface area contributed by atoms with E-state index >= 15 is 0 Å². The number of carbonyl (C=O) groups is 1. The molecule has 4 heteroatoms. The van der Waals surface area contributed by atoms with Crippen LogP contribution < -0.4 is 16.0 Å². The summed E-state index contributed by atoms with van der Waals surface area (Å²) < 4.78 is 0. The van der Waals surface area contributed by atoms with Crippen LogP contribution in [0.1, 0.15) is 34.6 Å². The molecular weight excluding hydrogens is 238 g/mol. The fourth-order valence-electron chi connectivity index (χ4n) is 1.80. The highest BCUT2D eigenvalue weighted by molar-refractivity contribution is 5.98. The van der Waals surface area contributed by atoms with Gasteiger partial charge in [-0.3, -0.25) is 4.79 Å². The largest absolute Gasteiger partial charge is 0.399 e. The van der Waals surface area contributed by atoms with Crippen LogP contribution in [0.25, 0.3) is 0 Å². The number of nitrogens with zero attached hydrogens (tertiary/aromatic N) is 1. The zero-order valence-electron chi connectivity index (χ0n) is 12.6. The average molecular weight is 263 g/mol. The van der Waals surface area contributed by atoms with Crippen molar-refractivity contribution < 1.29 is 4.79 Å². The molecule has 0 atom stereocenters. The summed E-state index contributed by atoms with van der Waals surface area (Å²) in [4.78, 5) is 14.3. The van der Waals surface area contributed by atoms with Gasteiger partial charge in [-0.05, 0) is 32.0 Å². The third kappa shape index (κ3) is 3.88. The van der Waals surface area contributed by atoms with E-state index in [1.807, 2.05) is 39.0 Å². The van der Waals surface area contributed by atoms with Crippen LogP contribution >= 0.6 is 0 Å². The fourth-order valence-corrected chi connectivity index (χ4v) is 1.80. The number of benzene rings is 1. The smallest absolute Gasteiger partial charge is 0.229 e. The summed E-state index contributed by atoms with van der Waals surface area (Å²) in [6, 6.07) is 5.64. The number of rotatable bonds is 4. The minimum atomic E-state index is -0.425. The lowest BCUT2D eigenvalue weighted by Gasteiger charge is -2.26. The van der Waals surface area contributed by atoms with E-state index in [0.717, 1.165) is 24.5 Å². The number of carbonyl (C=O) groups excluding carboxylic acids is 1. The van der Waals surface area contributed by atoms with Crippen molar-refractivity contribution in [1.29, 1.82) is 0 Å².